The molecular weight excluding hydrogens is 321 g/mol. The number of nitrogens with zero attached hydrogens (tertiary/aromatic N) is 1. The van der Waals surface area contributed by atoms with E-state index in [2.05, 4.69) is 5.09 Å². The molecule has 0 saturated heterocycles. The Balaban J connectivity index is 4.71. The number of aliphatic hydroxyl groups is 1. The molecule has 0 amide bonds. The van der Waals surface area contributed by atoms with Crippen molar-refractivity contribution in [3.8, 4) is 0 Å². The first-order valence-corrected chi connectivity index (χ1v) is 8.79. The van der Waals surface area contributed by atoms with Gasteiger partial charge in [-0.15, -0.1) is 34.8 Å². The van der Waals surface area contributed by atoms with Crippen LogP contribution in [0.15, 0.2) is 0 Å². The minimum absolute atomic E-state index is 0.146. The molecule has 0 saturated carbocycles. The quantitative estimate of drug-likeness (QED) is 0.445. The van der Waals surface area contributed by atoms with Crippen LogP contribution in [-0.4, -0.2) is 59.8 Å². The second kappa shape index (κ2) is 10.7. The lowest BCUT2D eigenvalue weighted by atomic mass is 10.4. The lowest BCUT2D eigenvalue weighted by Gasteiger charge is -2.30. The third kappa shape index (κ3) is 7.51. The molecule has 110 valence electrons. The first-order chi connectivity index (χ1) is 8.50. The zero-order valence-corrected chi connectivity index (χ0v) is 13.5. The monoisotopic (exact) mass is 340 g/mol. The maximum Gasteiger partial charge on any atom is 0.343 e. The standard InChI is InChI=1S/C9H20Cl3N2O3P/c1-9(15)8-13-18(16,17-7-4-12)14(5-2-10)6-3-11/h9,15H,2-8H2,1H3,(H,13,16). The van der Waals surface area contributed by atoms with E-state index in [4.69, 9.17) is 39.3 Å². The highest BCUT2D eigenvalue weighted by Crippen LogP contribution is 2.46. The van der Waals surface area contributed by atoms with Gasteiger partial charge in [0.05, 0.1) is 12.7 Å². The number of hydrogen-bond acceptors (Lipinski definition) is 3. The summed E-state index contributed by atoms with van der Waals surface area (Å²) in [7, 11) is -3.26. The molecule has 0 aromatic rings. The minimum Gasteiger partial charge on any atom is -0.392 e. The number of hydrogen-bond donors (Lipinski definition) is 2. The van der Waals surface area contributed by atoms with E-state index in [9.17, 15) is 9.67 Å². The van der Waals surface area contributed by atoms with Gasteiger partial charge in [-0.3, -0.25) is 4.57 Å². The lowest BCUT2D eigenvalue weighted by Crippen LogP contribution is -2.35. The van der Waals surface area contributed by atoms with Crippen molar-refractivity contribution >= 4 is 42.5 Å². The Bertz CT molecular complexity index is 253. The Hall–Kier alpha value is 0.940. The van der Waals surface area contributed by atoms with Crippen LogP contribution in [0.2, 0.25) is 0 Å². The zero-order chi connectivity index (χ0) is 14.0. The van der Waals surface area contributed by atoms with Gasteiger partial charge in [0.1, 0.15) is 0 Å². The van der Waals surface area contributed by atoms with Gasteiger partial charge >= 0.3 is 7.67 Å². The van der Waals surface area contributed by atoms with Crippen LogP contribution in [0, 0.1) is 0 Å². The third-order valence-corrected chi connectivity index (χ3v) is 4.74. The molecule has 0 radical (unpaired) electrons. The summed E-state index contributed by atoms with van der Waals surface area (Å²) in [4.78, 5) is 0. The molecule has 2 unspecified atom stereocenters. The van der Waals surface area contributed by atoms with E-state index in [1.54, 1.807) is 11.6 Å². The molecule has 0 fully saturated rings. The highest BCUT2D eigenvalue weighted by atomic mass is 35.5. The van der Waals surface area contributed by atoms with Crippen LogP contribution >= 0.6 is 42.5 Å². The van der Waals surface area contributed by atoms with Gasteiger partial charge < -0.3 is 9.63 Å². The van der Waals surface area contributed by atoms with Crippen LogP contribution < -0.4 is 5.09 Å². The normalized spacial score (nSPS) is 16.8. The van der Waals surface area contributed by atoms with Gasteiger partial charge in [-0.25, -0.2) is 9.76 Å². The van der Waals surface area contributed by atoms with Gasteiger partial charge in [-0.1, -0.05) is 0 Å². The summed E-state index contributed by atoms with van der Waals surface area (Å²) in [5, 5.41) is 12.0. The predicted molar refractivity (Wildman–Crippen MR) is 77.0 cm³/mol. The molecule has 0 aliphatic rings. The van der Waals surface area contributed by atoms with E-state index in [1.165, 1.54) is 0 Å². The SMILES string of the molecule is CC(O)CNP(=O)(OCCCl)N(CCCl)CCCl. The smallest absolute Gasteiger partial charge is 0.343 e. The summed E-state index contributed by atoms with van der Waals surface area (Å²) in [5.41, 5.74) is 0. The second-order valence-corrected chi connectivity index (χ2v) is 6.90. The summed E-state index contributed by atoms with van der Waals surface area (Å²) in [6, 6.07) is 0. The van der Waals surface area contributed by atoms with E-state index in [1.807, 2.05) is 0 Å². The summed E-state index contributed by atoms with van der Waals surface area (Å²) in [6.07, 6.45) is -0.633. The summed E-state index contributed by atoms with van der Waals surface area (Å²) < 4.78 is 19.5. The van der Waals surface area contributed by atoms with Crippen molar-refractivity contribution in [3.05, 3.63) is 0 Å². The van der Waals surface area contributed by atoms with Crippen molar-refractivity contribution in [2.24, 2.45) is 0 Å². The molecule has 0 aromatic carbocycles. The van der Waals surface area contributed by atoms with Crippen LogP contribution in [0.3, 0.4) is 0 Å². The molecule has 5 nitrogen and oxygen atoms in total. The van der Waals surface area contributed by atoms with Crippen molar-refractivity contribution in [1.82, 2.24) is 9.76 Å². The van der Waals surface area contributed by atoms with E-state index in [0.717, 1.165) is 0 Å². The Kier molecular flexibility index (Phi) is 11.3. The largest absolute Gasteiger partial charge is 0.392 e. The van der Waals surface area contributed by atoms with Crippen LogP contribution in [0.4, 0.5) is 0 Å². The van der Waals surface area contributed by atoms with Crippen LogP contribution in [-0.2, 0) is 9.09 Å². The lowest BCUT2D eigenvalue weighted by molar-refractivity contribution is 0.191. The van der Waals surface area contributed by atoms with E-state index >= 15 is 0 Å². The Morgan fingerprint density at radius 3 is 2.22 bits per heavy atom. The van der Waals surface area contributed by atoms with Crippen molar-refractivity contribution in [1.29, 1.82) is 0 Å². The highest BCUT2D eigenvalue weighted by molar-refractivity contribution is 7.54. The van der Waals surface area contributed by atoms with Crippen LogP contribution in [0.1, 0.15) is 6.92 Å². The number of nitrogens with one attached hydrogen (secondary N) is 1. The molecule has 18 heavy (non-hydrogen) atoms. The molecule has 9 heteroatoms. The average Bonchev–Trinajstić information content (AvgIpc) is 2.33. The fourth-order valence-electron chi connectivity index (χ4n) is 1.20. The van der Waals surface area contributed by atoms with Crippen molar-refractivity contribution in [2.75, 3.05) is 43.9 Å². The number of alkyl halides is 3. The molecule has 0 bridgehead atoms. The van der Waals surface area contributed by atoms with Crippen molar-refractivity contribution in [3.63, 3.8) is 0 Å². The minimum atomic E-state index is -3.26. The van der Waals surface area contributed by atoms with E-state index in [-0.39, 0.29) is 19.0 Å². The van der Waals surface area contributed by atoms with Gasteiger partial charge in [-0.2, -0.15) is 0 Å². The first kappa shape index (κ1) is 18.9. The maximum atomic E-state index is 12.7. The third-order valence-electron chi connectivity index (χ3n) is 1.99. The van der Waals surface area contributed by atoms with Gasteiger partial charge in [0.2, 0.25) is 0 Å². The summed E-state index contributed by atoms with van der Waals surface area (Å²) in [6.45, 7) is 2.64. The summed E-state index contributed by atoms with van der Waals surface area (Å²) >= 11 is 16.9. The number of rotatable bonds is 11. The van der Waals surface area contributed by atoms with Gasteiger partial charge in [-0.05, 0) is 6.92 Å². The van der Waals surface area contributed by atoms with Crippen molar-refractivity contribution in [2.45, 2.75) is 13.0 Å². The van der Waals surface area contributed by atoms with E-state index in [0.29, 0.717) is 24.8 Å². The molecule has 0 aliphatic carbocycles. The highest BCUT2D eigenvalue weighted by Gasteiger charge is 2.31. The molecule has 2 atom stereocenters. The molecule has 0 rings (SSSR count). The Morgan fingerprint density at radius 1 is 1.28 bits per heavy atom. The topological polar surface area (TPSA) is 61.8 Å². The average molecular weight is 342 g/mol. The molecule has 0 heterocycles. The van der Waals surface area contributed by atoms with Crippen LogP contribution in [0.25, 0.3) is 0 Å². The van der Waals surface area contributed by atoms with Gasteiger partial charge in [0, 0.05) is 37.3 Å². The zero-order valence-electron chi connectivity index (χ0n) is 10.3. The van der Waals surface area contributed by atoms with Crippen molar-refractivity contribution < 1.29 is 14.2 Å². The molecule has 2 N–H and O–H groups in total. The number of halogens is 3. The predicted octanol–water partition coefficient (Wildman–Crippen LogP) is 2.10. The molecule has 0 aromatic heterocycles. The Labute approximate surface area is 123 Å². The first-order valence-electron chi connectivity index (χ1n) is 5.61. The maximum absolute atomic E-state index is 12.7. The fourth-order valence-corrected chi connectivity index (χ4v) is 4.05. The molecule has 0 aliphatic heterocycles. The second-order valence-electron chi connectivity index (χ2n) is 3.59. The van der Waals surface area contributed by atoms with Gasteiger partial charge in [0.15, 0.2) is 0 Å². The Morgan fingerprint density at radius 2 is 1.83 bits per heavy atom. The fraction of sp³-hybridized carbons (Fsp3) is 1.00. The number of aliphatic hydroxyl groups excluding tert-OH is 1. The summed E-state index contributed by atoms with van der Waals surface area (Å²) in [5.74, 6) is 0.846. The van der Waals surface area contributed by atoms with E-state index < -0.39 is 13.8 Å². The van der Waals surface area contributed by atoms with Gasteiger partial charge in [0.25, 0.3) is 0 Å². The van der Waals surface area contributed by atoms with Crippen LogP contribution in [0.5, 0.6) is 0 Å². The molecule has 0 spiro atoms. The molecular formula is C9H20Cl3N2O3P.